The molecule has 0 amide bonds. The molecule has 10 nitrogen and oxygen atoms in total. The fourth-order valence-corrected chi connectivity index (χ4v) is 6.02. The number of carbonyl (C=O) groups is 1. The van der Waals surface area contributed by atoms with Crippen molar-refractivity contribution in [3.63, 3.8) is 0 Å². The third kappa shape index (κ3) is 9.20. The lowest BCUT2D eigenvalue weighted by Gasteiger charge is -2.35. The SMILES string of the molecule is CC(C)(CCN1CCCC(N(Cc2cc(C(F)(F)F)cc(C(F)(F)F)c2)/C(N)=N/N(N)CCO)c2cc3c(cc21)COC3)CC(=O)O. The number of hydrogen-bond acceptors (Lipinski definition) is 7. The number of nitrogens with zero attached hydrogens (tertiary/aromatic N) is 4. The fourth-order valence-electron chi connectivity index (χ4n) is 6.02. The first-order valence-electron chi connectivity index (χ1n) is 15.1. The molecule has 1 unspecified atom stereocenters. The van der Waals surface area contributed by atoms with Gasteiger partial charge in [-0.25, -0.2) is 11.0 Å². The number of hydrazine groups is 1. The van der Waals surface area contributed by atoms with Crippen LogP contribution in [0.4, 0.5) is 32.0 Å². The number of guanidine groups is 1. The molecule has 6 N–H and O–H groups in total. The number of anilines is 1. The zero-order chi connectivity index (χ0) is 34.7. The number of hydrogen-bond donors (Lipinski definition) is 4. The molecule has 0 spiro atoms. The Morgan fingerprint density at radius 2 is 1.66 bits per heavy atom. The molecule has 0 bridgehead atoms. The Hall–Kier alpha value is -3.76. The number of carboxylic acids is 1. The summed E-state index contributed by atoms with van der Waals surface area (Å²) in [5.74, 6) is 4.68. The van der Waals surface area contributed by atoms with E-state index in [1.54, 1.807) is 0 Å². The van der Waals surface area contributed by atoms with Gasteiger partial charge in [-0.15, -0.1) is 5.10 Å². The fraction of sp³-hybridized carbons (Fsp3) is 0.548. The van der Waals surface area contributed by atoms with E-state index in [1.807, 2.05) is 26.0 Å². The third-order valence-electron chi connectivity index (χ3n) is 8.39. The molecule has 4 rings (SSSR count). The van der Waals surface area contributed by atoms with E-state index in [9.17, 15) is 41.4 Å². The lowest BCUT2D eigenvalue weighted by Crippen LogP contribution is -2.43. The van der Waals surface area contributed by atoms with Crippen LogP contribution in [0.3, 0.4) is 0 Å². The van der Waals surface area contributed by atoms with E-state index in [-0.39, 0.29) is 37.2 Å². The maximum absolute atomic E-state index is 13.8. The van der Waals surface area contributed by atoms with Gasteiger partial charge in [0.2, 0.25) is 5.96 Å². The van der Waals surface area contributed by atoms with Crippen molar-refractivity contribution >= 4 is 17.6 Å². The average Bonchev–Trinajstić information content (AvgIpc) is 3.34. The van der Waals surface area contributed by atoms with Crippen LogP contribution in [-0.4, -0.2) is 58.4 Å². The van der Waals surface area contributed by atoms with E-state index in [0.717, 1.165) is 27.5 Å². The van der Waals surface area contributed by atoms with E-state index in [4.69, 9.17) is 16.3 Å². The highest BCUT2D eigenvalue weighted by molar-refractivity contribution is 5.79. The predicted octanol–water partition coefficient (Wildman–Crippen LogP) is 5.19. The summed E-state index contributed by atoms with van der Waals surface area (Å²) in [7, 11) is 0. The van der Waals surface area contributed by atoms with Crippen molar-refractivity contribution in [2.24, 2.45) is 22.1 Å². The second-order valence-electron chi connectivity index (χ2n) is 12.7. The summed E-state index contributed by atoms with van der Waals surface area (Å²) < 4.78 is 88.2. The van der Waals surface area contributed by atoms with E-state index in [0.29, 0.717) is 57.7 Å². The zero-order valence-corrected chi connectivity index (χ0v) is 26.2. The Morgan fingerprint density at radius 1 is 1.04 bits per heavy atom. The highest BCUT2D eigenvalue weighted by Gasteiger charge is 2.38. The van der Waals surface area contributed by atoms with Crippen molar-refractivity contribution < 1.29 is 46.1 Å². The Kier molecular flexibility index (Phi) is 10.9. The largest absolute Gasteiger partial charge is 0.481 e. The lowest BCUT2D eigenvalue weighted by atomic mass is 9.85. The summed E-state index contributed by atoms with van der Waals surface area (Å²) in [5.41, 5.74) is 6.03. The Bertz CT molecular complexity index is 1430. The van der Waals surface area contributed by atoms with Crippen molar-refractivity contribution in [1.82, 2.24) is 10.0 Å². The van der Waals surface area contributed by atoms with Gasteiger partial charge in [-0.2, -0.15) is 26.3 Å². The summed E-state index contributed by atoms with van der Waals surface area (Å²) in [6.45, 7) is 4.47. The maximum atomic E-state index is 13.8. The molecule has 0 radical (unpaired) electrons. The maximum Gasteiger partial charge on any atom is 0.416 e. The summed E-state index contributed by atoms with van der Waals surface area (Å²) in [4.78, 5) is 15.0. The van der Waals surface area contributed by atoms with Crippen LogP contribution in [0.25, 0.3) is 0 Å². The van der Waals surface area contributed by atoms with E-state index in [2.05, 4.69) is 10.0 Å². The van der Waals surface area contributed by atoms with E-state index in [1.165, 1.54) is 4.90 Å². The molecule has 1 atom stereocenters. The van der Waals surface area contributed by atoms with Crippen molar-refractivity contribution in [3.05, 3.63) is 63.7 Å². The molecule has 2 aliphatic heterocycles. The van der Waals surface area contributed by atoms with Gasteiger partial charge in [-0.05, 0) is 77.3 Å². The number of hydrazone groups is 1. The number of aliphatic carboxylic acids is 1. The van der Waals surface area contributed by atoms with Crippen molar-refractivity contribution in [1.29, 1.82) is 0 Å². The first kappa shape index (κ1) is 36.1. The molecule has 0 fully saturated rings. The van der Waals surface area contributed by atoms with Gasteiger partial charge in [-0.1, -0.05) is 13.8 Å². The predicted molar refractivity (Wildman–Crippen MR) is 161 cm³/mol. The minimum absolute atomic E-state index is 0.0323. The minimum atomic E-state index is -5.04. The standard InChI is InChI=1S/C31H40F6N6O4/c1-29(2,15-27(45)46)5-7-41-6-3-4-25(24-12-20-17-47-18-21(20)13-26(24)41)42(28(38)40-43(39)8-9-44)16-19-10-22(30(32,33)34)14-23(11-19)31(35,36)37/h10-14,25,44H,3-9,15-18,39H2,1-2H3,(H2,38,40)(H,45,46). The number of nitrogens with two attached hydrogens (primary N) is 2. The van der Waals surface area contributed by atoms with Crippen molar-refractivity contribution in [2.45, 2.75) is 77.7 Å². The van der Waals surface area contributed by atoms with Gasteiger partial charge in [0.05, 0.1) is 50.0 Å². The van der Waals surface area contributed by atoms with Crippen LogP contribution in [0.2, 0.25) is 0 Å². The minimum Gasteiger partial charge on any atom is -0.481 e. The van der Waals surface area contributed by atoms with Crippen LogP contribution >= 0.6 is 0 Å². The molecule has 2 heterocycles. The average molecular weight is 675 g/mol. The van der Waals surface area contributed by atoms with Crippen LogP contribution in [0.1, 0.15) is 79.0 Å². The monoisotopic (exact) mass is 674 g/mol. The number of benzene rings is 2. The molecule has 0 aliphatic carbocycles. The van der Waals surface area contributed by atoms with Crippen LogP contribution in [0, 0.1) is 5.41 Å². The number of halogens is 6. The van der Waals surface area contributed by atoms with E-state index >= 15 is 0 Å². The quantitative estimate of drug-likeness (QED) is 0.0834. The highest BCUT2D eigenvalue weighted by atomic mass is 19.4. The smallest absolute Gasteiger partial charge is 0.416 e. The summed E-state index contributed by atoms with van der Waals surface area (Å²) in [5, 5.41) is 23.6. The van der Waals surface area contributed by atoms with Gasteiger partial charge in [0.1, 0.15) is 0 Å². The van der Waals surface area contributed by atoms with Gasteiger partial charge in [0.25, 0.3) is 0 Å². The number of carboxylic acid groups (broad SMARTS) is 1. The molecule has 0 saturated heterocycles. The molecule has 260 valence electrons. The molecule has 2 aromatic rings. The van der Waals surface area contributed by atoms with Gasteiger partial charge >= 0.3 is 18.3 Å². The number of ether oxygens (including phenoxy) is 1. The summed E-state index contributed by atoms with van der Waals surface area (Å²) >= 11 is 0. The zero-order valence-electron chi connectivity index (χ0n) is 26.2. The second kappa shape index (κ2) is 14.2. The number of rotatable bonds is 11. The molecule has 47 heavy (non-hydrogen) atoms. The molecule has 2 aromatic carbocycles. The van der Waals surface area contributed by atoms with Crippen LogP contribution < -0.4 is 16.5 Å². The molecule has 16 heteroatoms. The molecular weight excluding hydrogens is 634 g/mol. The number of fused-ring (bicyclic) bond motifs is 2. The van der Waals surface area contributed by atoms with Gasteiger partial charge in [0.15, 0.2) is 0 Å². The highest BCUT2D eigenvalue weighted by Crippen LogP contribution is 2.42. The lowest BCUT2D eigenvalue weighted by molar-refractivity contribution is -0.143. The van der Waals surface area contributed by atoms with Gasteiger partial charge < -0.3 is 30.5 Å². The first-order chi connectivity index (χ1) is 21.9. The Labute approximate surface area is 268 Å². The molecular formula is C31H40F6N6O4. The first-order valence-corrected chi connectivity index (χ1v) is 15.1. The molecule has 2 aliphatic rings. The molecule has 0 saturated carbocycles. The topological polar surface area (TPSA) is 141 Å². The van der Waals surface area contributed by atoms with Crippen LogP contribution in [-0.2, 0) is 41.6 Å². The normalized spacial score (nSPS) is 17.3. The Balaban J connectivity index is 1.83. The summed E-state index contributed by atoms with van der Waals surface area (Å²) in [6, 6.07) is 4.62. The van der Waals surface area contributed by atoms with Crippen LogP contribution in [0.15, 0.2) is 35.4 Å². The third-order valence-corrected chi connectivity index (χ3v) is 8.39. The number of aliphatic hydroxyl groups is 1. The van der Waals surface area contributed by atoms with Crippen molar-refractivity contribution in [3.8, 4) is 0 Å². The van der Waals surface area contributed by atoms with Gasteiger partial charge in [-0.3, -0.25) is 4.79 Å². The van der Waals surface area contributed by atoms with Gasteiger partial charge in [0, 0.05) is 25.3 Å². The second-order valence-corrected chi connectivity index (χ2v) is 12.7. The number of alkyl halides is 6. The Morgan fingerprint density at radius 3 is 2.23 bits per heavy atom. The summed E-state index contributed by atoms with van der Waals surface area (Å²) in [6.07, 6.45) is -8.62. The van der Waals surface area contributed by atoms with Crippen LogP contribution in [0.5, 0.6) is 0 Å². The van der Waals surface area contributed by atoms with E-state index < -0.39 is 47.5 Å². The number of aliphatic hydroxyl groups excluding tert-OH is 1. The van der Waals surface area contributed by atoms with Crippen molar-refractivity contribution in [2.75, 3.05) is 31.1 Å². The molecule has 0 aromatic heterocycles.